The lowest BCUT2D eigenvalue weighted by molar-refractivity contribution is 0.0926. The Bertz CT molecular complexity index is 2500. The van der Waals surface area contributed by atoms with Gasteiger partial charge in [-0.3, -0.25) is 19.6 Å². The van der Waals surface area contributed by atoms with Crippen molar-refractivity contribution in [3.05, 3.63) is 182 Å². The highest BCUT2D eigenvalue weighted by atomic mass is 16.2. The lowest BCUT2D eigenvalue weighted by Gasteiger charge is -2.15. The van der Waals surface area contributed by atoms with Gasteiger partial charge < -0.3 is 10.3 Å². The van der Waals surface area contributed by atoms with Gasteiger partial charge >= 0.3 is 0 Å². The molecule has 7 nitrogen and oxygen atoms in total. The van der Waals surface area contributed by atoms with Gasteiger partial charge in [-0.25, -0.2) is 4.90 Å². The first-order valence-corrected chi connectivity index (χ1v) is 17.8. The number of fused-ring (bicyclic) bond motifs is 4. The topological polar surface area (TPSA) is 94.1 Å². The first-order valence-electron chi connectivity index (χ1n) is 17.8. The van der Waals surface area contributed by atoms with E-state index in [1.165, 1.54) is 11.9 Å². The predicted octanol–water partition coefficient (Wildman–Crippen LogP) is 10.5. The molecular formula is C47H39N5O2. The van der Waals surface area contributed by atoms with E-state index in [4.69, 9.17) is 0 Å². The molecule has 1 aliphatic heterocycles. The normalized spacial score (nSPS) is 11.8. The number of rotatable bonds is 6. The molecule has 0 fully saturated rings. The number of carbonyl (C=O) groups excluding carboxylic acids is 2. The summed E-state index contributed by atoms with van der Waals surface area (Å²) in [6.07, 6.45) is 6.52. The number of hydrogen-bond acceptors (Lipinski definition) is 5. The van der Waals surface area contributed by atoms with Crippen molar-refractivity contribution in [2.45, 2.75) is 13.3 Å². The smallest absolute Gasteiger partial charge is 0.268 e. The summed E-state index contributed by atoms with van der Waals surface area (Å²) >= 11 is 0. The highest BCUT2D eigenvalue weighted by Gasteiger charge is 2.39. The van der Waals surface area contributed by atoms with Crippen molar-refractivity contribution in [2.75, 3.05) is 11.9 Å². The van der Waals surface area contributed by atoms with E-state index < -0.39 is 0 Å². The maximum absolute atomic E-state index is 14.4. The van der Waals surface area contributed by atoms with Crippen LogP contribution in [0.15, 0.2) is 171 Å². The van der Waals surface area contributed by atoms with E-state index in [9.17, 15) is 9.59 Å². The molecule has 3 aromatic heterocycles. The van der Waals surface area contributed by atoms with Gasteiger partial charge in [0.15, 0.2) is 0 Å². The van der Waals surface area contributed by atoms with Crippen LogP contribution >= 0.6 is 0 Å². The first kappa shape index (κ1) is 35.4. The molecule has 0 saturated heterocycles. The lowest BCUT2D eigenvalue weighted by Crippen LogP contribution is -2.29. The Hall–Kier alpha value is -6.96. The number of nitrogens with two attached hydrogens (primary N) is 1. The molecule has 0 spiro atoms. The van der Waals surface area contributed by atoms with Crippen molar-refractivity contribution in [1.29, 1.82) is 0 Å². The fourth-order valence-corrected chi connectivity index (χ4v) is 6.79. The van der Waals surface area contributed by atoms with E-state index in [1.807, 2.05) is 109 Å². The van der Waals surface area contributed by atoms with E-state index in [1.54, 1.807) is 18.5 Å². The molecule has 54 heavy (non-hydrogen) atoms. The second kappa shape index (κ2) is 15.7. The molecule has 4 heterocycles. The summed E-state index contributed by atoms with van der Waals surface area (Å²) in [4.78, 5) is 38.8. The van der Waals surface area contributed by atoms with Crippen molar-refractivity contribution >= 4 is 39.3 Å². The van der Waals surface area contributed by atoms with Gasteiger partial charge in [-0.1, -0.05) is 97.9 Å². The minimum Gasteiger partial charge on any atom is -0.333 e. The Labute approximate surface area is 314 Å². The Morgan fingerprint density at radius 3 is 1.63 bits per heavy atom. The van der Waals surface area contributed by atoms with E-state index in [0.29, 0.717) is 22.5 Å². The van der Waals surface area contributed by atoms with E-state index in [2.05, 4.69) is 70.2 Å². The maximum Gasteiger partial charge on any atom is 0.268 e. The quantitative estimate of drug-likeness (QED) is 0.137. The van der Waals surface area contributed by atoms with E-state index >= 15 is 0 Å². The van der Waals surface area contributed by atoms with Gasteiger partial charge in [-0.2, -0.15) is 0 Å². The zero-order chi connectivity index (χ0) is 37.6. The Kier molecular flexibility index (Phi) is 10.3. The van der Waals surface area contributed by atoms with Crippen LogP contribution in [0.3, 0.4) is 0 Å². The molecule has 0 unspecified atom stereocenters. The van der Waals surface area contributed by atoms with E-state index in [0.717, 1.165) is 61.9 Å². The Morgan fingerprint density at radius 2 is 1.11 bits per heavy atom. The predicted molar refractivity (Wildman–Crippen MR) is 221 cm³/mol. The lowest BCUT2D eigenvalue weighted by atomic mass is 10.1. The number of amides is 2. The molecule has 0 aliphatic carbocycles. The number of anilines is 1. The third-order valence-corrected chi connectivity index (χ3v) is 9.34. The fourth-order valence-electron chi connectivity index (χ4n) is 6.79. The Balaban J connectivity index is 0.000000706. The average molecular weight is 706 g/mol. The van der Waals surface area contributed by atoms with Crippen LogP contribution in [-0.2, 0) is 0 Å². The van der Waals surface area contributed by atoms with Crippen LogP contribution in [0.1, 0.15) is 34.1 Å². The summed E-state index contributed by atoms with van der Waals surface area (Å²) in [6.45, 7) is 5.54. The van der Waals surface area contributed by atoms with Crippen LogP contribution in [0.2, 0.25) is 0 Å². The molecule has 2 N–H and O–H groups in total. The molecule has 0 radical (unpaired) electrons. The number of aromatic nitrogens is 3. The molecular weight excluding hydrogens is 667 g/mol. The van der Waals surface area contributed by atoms with Crippen LogP contribution in [0.5, 0.6) is 0 Å². The summed E-state index contributed by atoms with van der Waals surface area (Å²) in [7, 11) is 1.50. The minimum absolute atomic E-state index is 0.339. The molecule has 1 aliphatic rings. The van der Waals surface area contributed by atoms with Gasteiger partial charge in [0.05, 0.1) is 44.9 Å². The number of imide groups is 1. The molecule has 8 aromatic rings. The van der Waals surface area contributed by atoms with E-state index in [-0.39, 0.29) is 11.8 Å². The second-order valence-corrected chi connectivity index (χ2v) is 12.5. The van der Waals surface area contributed by atoms with Crippen molar-refractivity contribution in [2.24, 2.45) is 5.73 Å². The highest BCUT2D eigenvalue weighted by molar-refractivity contribution is 6.35. The molecule has 0 atom stereocenters. The van der Waals surface area contributed by atoms with Crippen molar-refractivity contribution in [3.63, 3.8) is 0 Å². The maximum atomic E-state index is 14.4. The minimum atomic E-state index is -0.352. The van der Waals surface area contributed by atoms with Gasteiger partial charge in [-0.05, 0) is 85.3 Å². The molecule has 9 rings (SSSR count). The zero-order valence-corrected chi connectivity index (χ0v) is 30.2. The van der Waals surface area contributed by atoms with Crippen molar-refractivity contribution in [1.82, 2.24) is 14.5 Å². The summed E-state index contributed by atoms with van der Waals surface area (Å²) in [5.74, 6) is -0.691. The molecule has 2 amide bonds. The van der Waals surface area contributed by atoms with Gasteiger partial charge in [0.2, 0.25) is 0 Å². The second-order valence-electron chi connectivity index (χ2n) is 12.5. The zero-order valence-electron chi connectivity index (χ0n) is 30.2. The third-order valence-electron chi connectivity index (χ3n) is 9.34. The number of carbonyl (C=O) groups is 2. The van der Waals surface area contributed by atoms with Gasteiger partial charge in [-0.15, -0.1) is 6.58 Å². The average Bonchev–Trinajstić information content (AvgIpc) is 3.71. The summed E-state index contributed by atoms with van der Waals surface area (Å²) in [6, 6.07) is 47.4. The van der Waals surface area contributed by atoms with Gasteiger partial charge in [0.1, 0.15) is 0 Å². The number of allylic oxidation sites excluding steroid dienone is 1. The molecule has 0 bridgehead atoms. The van der Waals surface area contributed by atoms with Crippen LogP contribution in [0, 0.1) is 0 Å². The van der Waals surface area contributed by atoms with Crippen LogP contribution in [-0.4, -0.2) is 33.4 Å². The molecule has 264 valence electrons. The molecule has 7 heteroatoms. The monoisotopic (exact) mass is 705 g/mol. The SMILES string of the molecule is C=CCC.CN.O=C1c2cccc(-n3c4cc(-c5ccccn5)ccc4c4ccc(-c5ccccn5)cc43)c2C(=O)N1c1ccc(-c2ccccc2)cc1. The largest absolute Gasteiger partial charge is 0.333 e. The first-order chi connectivity index (χ1) is 26.6. The van der Waals surface area contributed by atoms with Crippen molar-refractivity contribution < 1.29 is 9.59 Å². The fraction of sp³-hybridized carbons (Fsp3) is 0.0638. The summed E-state index contributed by atoms with van der Waals surface area (Å²) in [5.41, 5.74) is 13.9. The highest BCUT2D eigenvalue weighted by Crippen LogP contribution is 2.40. The standard InChI is InChI=1S/C42H26N4O2.C4H8.CH5N/c47-41-34-11-8-14-37(40(34)42(48)45(41)31-19-15-28(16-20-31)27-9-2-1-3-10-27)46-38-25-29(35-12-4-6-23-43-35)17-21-32(38)33-22-18-30(26-39(33)46)36-13-5-7-24-44-36;1-3-4-2;1-2/h1-26H;3H,1,4H2,2H3;2H2,1H3. The number of benzene rings is 5. The van der Waals surface area contributed by atoms with Crippen LogP contribution in [0.25, 0.3) is 61.1 Å². The Morgan fingerprint density at radius 1 is 0.593 bits per heavy atom. The van der Waals surface area contributed by atoms with Crippen LogP contribution in [0.4, 0.5) is 5.69 Å². The van der Waals surface area contributed by atoms with Crippen molar-refractivity contribution in [3.8, 4) is 39.3 Å². The van der Waals surface area contributed by atoms with Gasteiger partial charge in [0.25, 0.3) is 11.8 Å². The third kappa shape index (κ3) is 6.49. The number of pyridine rings is 2. The number of hydrogen-bond donors (Lipinski definition) is 1. The summed E-state index contributed by atoms with van der Waals surface area (Å²) in [5, 5.41) is 2.06. The molecule has 0 saturated carbocycles. The van der Waals surface area contributed by atoms with Gasteiger partial charge in [0, 0.05) is 34.3 Å². The van der Waals surface area contributed by atoms with Crippen LogP contribution < -0.4 is 10.6 Å². The molecule has 5 aromatic carbocycles. The number of nitrogens with zero attached hydrogens (tertiary/aromatic N) is 4. The summed E-state index contributed by atoms with van der Waals surface area (Å²) < 4.78 is 2.11.